The largest absolute Gasteiger partial charge is 0.463 e. The van der Waals surface area contributed by atoms with Gasteiger partial charge < -0.3 is 29.7 Å². The van der Waals surface area contributed by atoms with Crippen LogP contribution >= 0.6 is 0 Å². The molecule has 5 rings (SSSR count). The summed E-state index contributed by atoms with van der Waals surface area (Å²) in [4.78, 5) is 59.3. The molecular formula is C37H51N3O7. The van der Waals surface area contributed by atoms with Gasteiger partial charge in [0.05, 0.1) is 24.0 Å². The number of ether oxygens (including phenoxy) is 2. The Kier molecular flexibility index (Phi) is 11.9. The highest BCUT2D eigenvalue weighted by molar-refractivity contribution is 5.99. The molecule has 2 N–H and O–H groups in total. The topological polar surface area (TPSA) is 125 Å². The Balaban J connectivity index is 1.41. The number of hydrogen-bond acceptors (Lipinski definition) is 7. The van der Waals surface area contributed by atoms with Gasteiger partial charge in [0.2, 0.25) is 17.7 Å². The summed E-state index contributed by atoms with van der Waals surface area (Å²) in [7, 11) is 0. The molecular weight excluding hydrogens is 598 g/mol. The van der Waals surface area contributed by atoms with Gasteiger partial charge in [-0.1, -0.05) is 61.7 Å². The van der Waals surface area contributed by atoms with Crippen LogP contribution in [-0.4, -0.2) is 88.7 Å². The van der Waals surface area contributed by atoms with Crippen LogP contribution in [0.2, 0.25) is 0 Å². The molecule has 10 nitrogen and oxygen atoms in total. The van der Waals surface area contributed by atoms with Crippen molar-refractivity contribution < 1.29 is 33.8 Å². The number of hydrogen-bond donors (Lipinski definition) is 2. The normalized spacial score (nSPS) is 27.3. The third kappa shape index (κ3) is 7.33. The Bertz CT molecular complexity index is 1280. The van der Waals surface area contributed by atoms with Crippen molar-refractivity contribution in [2.75, 3.05) is 26.3 Å². The first kappa shape index (κ1) is 34.8. The van der Waals surface area contributed by atoms with E-state index in [1.165, 1.54) is 0 Å². The molecule has 3 heterocycles. The van der Waals surface area contributed by atoms with Gasteiger partial charge in [-0.05, 0) is 56.9 Å². The van der Waals surface area contributed by atoms with Crippen LogP contribution in [0.4, 0.5) is 0 Å². The number of amides is 3. The minimum absolute atomic E-state index is 0.0519. The van der Waals surface area contributed by atoms with E-state index >= 15 is 0 Å². The Labute approximate surface area is 278 Å². The second-order valence-corrected chi connectivity index (χ2v) is 13.4. The number of rotatable bonds is 17. The lowest BCUT2D eigenvalue weighted by atomic mass is 9.70. The maximum atomic E-state index is 14.7. The molecule has 0 radical (unpaired) electrons. The molecule has 0 aromatic heterocycles. The zero-order valence-corrected chi connectivity index (χ0v) is 27.5. The van der Waals surface area contributed by atoms with Gasteiger partial charge in [-0.15, -0.1) is 13.2 Å². The van der Waals surface area contributed by atoms with Gasteiger partial charge in [0.15, 0.2) is 0 Å². The van der Waals surface area contributed by atoms with Gasteiger partial charge >= 0.3 is 5.97 Å². The lowest BCUT2D eigenvalue weighted by Crippen LogP contribution is -2.58. The highest BCUT2D eigenvalue weighted by Crippen LogP contribution is 2.58. The molecule has 3 aliphatic heterocycles. The number of unbranched alkanes of at least 4 members (excludes halogenated alkanes) is 2. The highest BCUT2D eigenvalue weighted by Gasteiger charge is 2.74. The van der Waals surface area contributed by atoms with E-state index in [0.717, 1.165) is 44.1 Å². The Morgan fingerprint density at radius 2 is 1.85 bits per heavy atom. The number of nitrogens with zero attached hydrogens (tertiary/aromatic N) is 2. The fourth-order valence-corrected chi connectivity index (χ4v) is 8.29. The van der Waals surface area contributed by atoms with E-state index in [4.69, 9.17) is 9.47 Å². The maximum absolute atomic E-state index is 14.7. The van der Waals surface area contributed by atoms with Gasteiger partial charge in [-0.25, -0.2) is 0 Å². The molecule has 2 bridgehead atoms. The predicted octanol–water partition coefficient (Wildman–Crippen LogP) is 4.24. The smallest absolute Gasteiger partial charge is 0.306 e. The summed E-state index contributed by atoms with van der Waals surface area (Å²) in [5.41, 5.74) is -0.314. The minimum Gasteiger partial charge on any atom is -0.463 e. The van der Waals surface area contributed by atoms with E-state index in [-0.39, 0.29) is 49.4 Å². The first-order chi connectivity index (χ1) is 22.9. The molecule has 3 saturated heterocycles. The van der Waals surface area contributed by atoms with E-state index in [1.54, 1.807) is 17.1 Å². The van der Waals surface area contributed by atoms with Gasteiger partial charge in [-0.2, -0.15) is 0 Å². The van der Waals surface area contributed by atoms with Crippen LogP contribution in [-0.2, 0) is 28.7 Å². The highest BCUT2D eigenvalue weighted by atomic mass is 16.5. The molecule has 1 spiro atoms. The predicted molar refractivity (Wildman–Crippen MR) is 177 cm³/mol. The van der Waals surface area contributed by atoms with Crippen molar-refractivity contribution in [3.8, 4) is 0 Å². The van der Waals surface area contributed by atoms with Crippen LogP contribution < -0.4 is 5.32 Å². The summed E-state index contributed by atoms with van der Waals surface area (Å²) in [6.07, 6.45) is 11.8. The Hall–Kier alpha value is -3.50. The lowest BCUT2D eigenvalue weighted by molar-refractivity contribution is -0.150. The summed E-state index contributed by atoms with van der Waals surface area (Å²) in [6, 6.07) is 7.95. The van der Waals surface area contributed by atoms with E-state index in [0.29, 0.717) is 45.2 Å². The molecule has 4 aliphatic rings. The van der Waals surface area contributed by atoms with Crippen molar-refractivity contribution in [3.05, 3.63) is 61.2 Å². The van der Waals surface area contributed by atoms with Gasteiger partial charge in [0.25, 0.3) is 0 Å². The molecule has 256 valence electrons. The molecule has 0 unspecified atom stereocenters. The maximum Gasteiger partial charge on any atom is 0.306 e. The van der Waals surface area contributed by atoms with Crippen molar-refractivity contribution in [2.24, 2.45) is 11.8 Å². The molecule has 1 aromatic rings. The third-order valence-corrected chi connectivity index (χ3v) is 10.5. The summed E-state index contributed by atoms with van der Waals surface area (Å²) < 4.78 is 12.2. The van der Waals surface area contributed by atoms with E-state index < -0.39 is 35.6 Å². The number of benzene rings is 1. The number of esters is 1. The number of likely N-dealkylation sites (tertiary alicyclic amines) is 1. The second kappa shape index (κ2) is 16.1. The zero-order chi connectivity index (χ0) is 33.4. The first-order valence-electron chi connectivity index (χ1n) is 17.5. The number of aliphatic hydroxyl groups is 1. The third-order valence-electron chi connectivity index (χ3n) is 10.5. The molecule has 47 heavy (non-hydrogen) atoms. The van der Waals surface area contributed by atoms with E-state index in [1.807, 2.05) is 35.2 Å². The van der Waals surface area contributed by atoms with Crippen LogP contribution in [0.1, 0.15) is 88.7 Å². The van der Waals surface area contributed by atoms with Crippen molar-refractivity contribution in [2.45, 2.75) is 107 Å². The van der Waals surface area contributed by atoms with Crippen LogP contribution in [0.25, 0.3) is 0 Å². The monoisotopic (exact) mass is 649 g/mol. The second-order valence-electron chi connectivity index (χ2n) is 13.4. The van der Waals surface area contributed by atoms with Crippen LogP contribution in [0, 0.1) is 11.8 Å². The molecule has 1 aromatic carbocycles. The standard InChI is InChI=1S/C37H51N3O7/c1-3-5-19-30(42)46-25-28(26-15-9-6-10-16-26)38-34(43)31-29-20-21-37(47-29)32(31)35(44)40(23-13-8-14-24-41)33(37)36(45)39(22-4-2)27-17-11-7-12-18-27/h3-4,6,9-10,15-16,27-29,31-33,41H,1-2,5,7-8,11-14,17-25H2,(H,38,43)/t28-,29-,31+,32+,33-,37+/m1/s1. The number of aliphatic hydroxyl groups excluding tert-OH is 1. The summed E-state index contributed by atoms with van der Waals surface area (Å²) in [5, 5.41) is 12.4. The van der Waals surface area contributed by atoms with Crippen molar-refractivity contribution in [1.82, 2.24) is 15.1 Å². The average Bonchev–Trinajstić information content (AvgIpc) is 3.74. The van der Waals surface area contributed by atoms with Crippen molar-refractivity contribution in [1.29, 1.82) is 0 Å². The van der Waals surface area contributed by atoms with Gasteiger partial charge in [-0.3, -0.25) is 19.2 Å². The van der Waals surface area contributed by atoms with Crippen molar-refractivity contribution in [3.63, 3.8) is 0 Å². The van der Waals surface area contributed by atoms with Crippen molar-refractivity contribution >= 4 is 23.7 Å². The zero-order valence-electron chi connectivity index (χ0n) is 27.5. The Morgan fingerprint density at radius 3 is 2.55 bits per heavy atom. The average molecular weight is 650 g/mol. The van der Waals surface area contributed by atoms with Gasteiger partial charge in [0.1, 0.15) is 18.2 Å². The number of carbonyl (C=O) groups is 4. The molecule has 3 amide bonds. The number of allylic oxidation sites excluding steroid dienone is 1. The fraction of sp³-hybridized carbons (Fsp3) is 0.622. The number of carbonyl (C=O) groups excluding carboxylic acids is 4. The molecule has 1 aliphatic carbocycles. The lowest BCUT2D eigenvalue weighted by Gasteiger charge is -2.40. The molecule has 4 fully saturated rings. The fourth-order valence-electron chi connectivity index (χ4n) is 8.29. The van der Waals surface area contributed by atoms with Gasteiger partial charge in [0, 0.05) is 32.2 Å². The van der Waals surface area contributed by atoms with Crippen LogP contribution in [0.5, 0.6) is 0 Å². The van der Waals surface area contributed by atoms with Crippen LogP contribution in [0.3, 0.4) is 0 Å². The quantitative estimate of drug-likeness (QED) is 0.147. The Morgan fingerprint density at radius 1 is 1.09 bits per heavy atom. The molecule has 6 atom stereocenters. The van der Waals surface area contributed by atoms with E-state index in [9.17, 15) is 24.3 Å². The minimum atomic E-state index is -1.09. The molecule has 10 heteroatoms. The number of fused-ring (bicyclic) bond motifs is 1. The SMILES string of the molecule is C=CCCC(=O)OC[C@@H](NC(=O)[C@@H]1[C@H]2C(=O)N(CCCCCO)[C@H](C(=O)N(CC=C)C3CCCCC3)[C@]23CC[C@H]1O3)c1ccccc1. The summed E-state index contributed by atoms with van der Waals surface area (Å²) in [5.74, 6) is -2.63. The first-order valence-corrected chi connectivity index (χ1v) is 17.5. The van der Waals surface area contributed by atoms with Crippen LogP contribution in [0.15, 0.2) is 55.6 Å². The summed E-state index contributed by atoms with van der Waals surface area (Å²) >= 11 is 0. The summed E-state index contributed by atoms with van der Waals surface area (Å²) in [6.45, 7) is 8.35. The number of nitrogens with one attached hydrogen (secondary N) is 1. The van der Waals surface area contributed by atoms with E-state index in [2.05, 4.69) is 18.5 Å². The molecule has 1 saturated carbocycles.